The van der Waals surface area contributed by atoms with E-state index in [1.54, 1.807) is 23.8 Å². The molecular formula is C23H27FN8O. The van der Waals surface area contributed by atoms with Gasteiger partial charge >= 0.3 is 0 Å². The number of aromatic amines is 1. The van der Waals surface area contributed by atoms with Crippen molar-refractivity contribution in [3.8, 4) is 0 Å². The van der Waals surface area contributed by atoms with Crippen LogP contribution in [-0.4, -0.2) is 57.7 Å². The first-order valence-electron chi connectivity index (χ1n) is 11.0. The van der Waals surface area contributed by atoms with E-state index in [0.717, 1.165) is 30.0 Å². The Morgan fingerprint density at radius 2 is 1.94 bits per heavy atom. The molecule has 0 unspecified atom stereocenters. The fraction of sp³-hybridized carbons (Fsp3) is 0.348. The van der Waals surface area contributed by atoms with Gasteiger partial charge in [-0.2, -0.15) is 5.10 Å². The van der Waals surface area contributed by atoms with Gasteiger partial charge in [0.1, 0.15) is 0 Å². The number of nitrogens with one attached hydrogen (secondary N) is 4. The number of benzene rings is 1. The number of carbonyl (C=O) groups is 1. The van der Waals surface area contributed by atoms with Crippen LogP contribution in [0.15, 0.2) is 30.6 Å². The van der Waals surface area contributed by atoms with Crippen LogP contribution < -0.4 is 20.9 Å². The number of carbonyl (C=O) groups excluding carboxylic acids is 1. The van der Waals surface area contributed by atoms with E-state index in [1.165, 1.54) is 6.07 Å². The molecule has 33 heavy (non-hydrogen) atoms. The summed E-state index contributed by atoms with van der Waals surface area (Å²) in [5.74, 6) is -0.203. The van der Waals surface area contributed by atoms with Crippen molar-refractivity contribution in [1.82, 2.24) is 30.2 Å². The molecule has 2 atom stereocenters. The highest BCUT2D eigenvalue weighted by atomic mass is 19.1. The monoisotopic (exact) mass is 450 g/mol. The number of amides is 1. The molecule has 172 valence electrons. The van der Waals surface area contributed by atoms with Crippen LogP contribution in [0.25, 0.3) is 16.6 Å². The molecule has 1 saturated heterocycles. The number of anilines is 3. The molecule has 0 spiro atoms. The van der Waals surface area contributed by atoms with E-state index in [9.17, 15) is 9.18 Å². The first-order valence-corrected chi connectivity index (χ1v) is 11.0. The summed E-state index contributed by atoms with van der Waals surface area (Å²) < 4.78 is 16.2. The molecule has 0 aliphatic carbocycles. The molecule has 5 rings (SSSR count). The summed E-state index contributed by atoms with van der Waals surface area (Å²) in [6.45, 7) is 7.79. The van der Waals surface area contributed by atoms with E-state index in [-0.39, 0.29) is 11.6 Å². The summed E-state index contributed by atoms with van der Waals surface area (Å²) >= 11 is 0. The number of imidazole rings is 1. The van der Waals surface area contributed by atoms with Crippen molar-refractivity contribution >= 4 is 39.6 Å². The molecule has 1 aromatic carbocycles. The standard InChI is InChI=1S/C23H27FN8O/c1-12-8-31(9-13(2)26-12)16-6-17(23(33)25-4)20-19(7-16)29-30-21(20)28-15-5-18(24)22-27-14(3)10-32(22)11-15/h5-7,10-13,26H,8-9H2,1-4H3,(H,25,33)(H2,28,29,30)/t12-,13-/m1/s1. The summed E-state index contributed by atoms with van der Waals surface area (Å²) in [4.78, 5) is 19.3. The van der Waals surface area contributed by atoms with Crippen LogP contribution in [0.5, 0.6) is 0 Å². The molecule has 4 aromatic rings. The SMILES string of the molecule is CNC(=O)c1cc(N2C[C@@H](C)N[C@H](C)C2)cc2[nH]nc(Nc3cc(F)c4nc(C)cn4c3)c12. The Morgan fingerprint density at radius 3 is 2.67 bits per heavy atom. The van der Waals surface area contributed by atoms with Gasteiger partial charge in [-0.05, 0) is 32.9 Å². The number of piperazine rings is 1. The van der Waals surface area contributed by atoms with Gasteiger partial charge in [-0.1, -0.05) is 0 Å². The molecule has 1 aliphatic rings. The van der Waals surface area contributed by atoms with Crippen molar-refractivity contribution in [2.45, 2.75) is 32.9 Å². The fourth-order valence-corrected chi connectivity index (χ4v) is 4.65. The average Bonchev–Trinajstić information content (AvgIpc) is 3.35. The van der Waals surface area contributed by atoms with Gasteiger partial charge in [-0.25, -0.2) is 9.37 Å². The molecule has 1 amide bonds. The number of hydrogen-bond acceptors (Lipinski definition) is 6. The topological polar surface area (TPSA) is 102 Å². The fourth-order valence-electron chi connectivity index (χ4n) is 4.65. The van der Waals surface area contributed by atoms with Crippen LogP contribution in [0.3, 0.4) is 0 Å². The minimum Gasteiger partial charge on any atom is -0.368 e. The van der Waals surface area contributed by atoms with E-state index in [1.807, 2.05) is 19.1 Å². The summed E-state index contributed by atoms with van der Waals surface area (Å²) in [6.07, 6.45) is 3.50. The maximum Gasteiger partial charge on any atom is 0.251 e. The number of fused-ring (bicyclic) bond motifs is 2. The smallest absolute Gasteiger partial charge is 0.251 e. The predicted molar refractivity (Wildman–Crippen MR) is 127 cm³/mol. The lowest BCUT2D eigenvalue weighted by atomic mass is 10.0. The highest BCUT2D eigenvalue weighted by Crippen LogP contribution is 2.32. The second-order valence-corrected chi connectivity index (χ2v) is 8.76. The first-order chi connectivity index (χ1) is 15.8. The van der Waals surface area contributed by atoms with Crippen LogP contribution in [0.1, 0.15) is 29.9 Å². The summed E-state index contributed by atoms with van der Waals surface area (Å²) in [5.41, 5.74) is 3.68. The van der Waals surface area contributed by atoms with Crippen molar-refractivity contribution < 1.29 is 9.18 Å². The molecule has 4 heterocycles. The van der Waals surface area contributed by atoms with Crippen molar-refractivity contribution in [1.29, 1.82) is 0 Å². The Bertz CT molecular complexity index is 1350. The maximum atomic E-state index is 14.6. The van der Waals surface area contributed by atoms with E-state index in [2.05, 4.69) is 49.9 Å². The molecule has 0 radical (unpaired) electrons. The number of aromatic nitrogens is 4. The Kier molecular flexibility index (Phi) is 5.16. The number of H-pyrrole nitrogens is 1. The Labute approximate surface area is 190 Å². The third kappa shape index (κ3) is 3.86. The third-order valence-corrected chi connectivity index (χ3v) is 5.93. The number of hydrogen-bond donors (Lipinski definition) is 4. The molecule has 10 heteroatoms. The van der Waals surface area contributed by atoms with Gasteiger partial charge in [0.2, 0.25) is 0 Å². The van der Waals surface area contributed by atoms with Crippen molar-refractivity contribution in [2.24, 2.45) is 0 Å². The molecule has 4 N–H and O–H groups in total. The van der Waals surface area contributed by atoms with E-state index in [0.29, 0.717) is 34.5 Å². The lowest BCUT2D eigenvalue weighted by Crippen LogP contribution is -2.54. The Balaban J connectivity index is 1.57. The second-order valence-electron chi connectivity index (χ2n) is 8.76. The van der Waals surface area contributed by atoms with Crippen molar-refractivity contribution in [2.75, 3.05) is 30.4 Å². The third-order valence-electron chi connectivity index (χ3n) is 5.93. The van der Waals surface area contributed by atoms with E-state index in [4.69, 9.17) is 0 Å². The van der Waals surface area contributed by atoms with Gasteiger partial charge in [0.05, 0.1) is 27.8 Å². The maximum absolute atomic E-state index is 14.6. The molecule has 9 nitrogen and oxygen atoms in total. The number of pyridine rings is 1. The van der Waals surface area contributed by atoms with Gasteiger partial charge in [-0.15, -0.1) is 0 Å². The first kappa shape index (κ1) is 21.2. The molecule has 1 fully saturated rings. The van der Waals surface area contributed by atoms with Crippen LogP contribution in [0.4, 0.5) is 21.6 Å². The van der Waals surface area contributed by atoms with Gasteiger partial charge in [-0.3, -0.25) is 9.89 Å². The number of aryl methyl sites for hydroxylation is 1. The number of nitrogens with zero attached hydrogens (tertiary/aromatic N) is 4. The molecule has 3 aromatic heterocycles. The minimum absolute atomic E-state index is 0.214. The Morgan fingerprint density at radius 1 is 1.18 bits per heavy atom. The summed E-state index contributed by atoms with van der Waals surface area (Å²) in [7, 11) is 1.60. The van der Waals surface area contributed by atoms with Gasteiger partial charge in [0, 0.05) is 56.4 Å². The van der Waals surface area contributed by atoms with Crippen LogP contribution in [0, 0.1) is 12.7 Å². The molecule has 1 aliphatic heterocycles. The minimum atomic E-state index is -0.441. The van der Waals surface area contributed by atoms with Crippen LogP contribution in [0.2, 0.25) is 0 Å². The quantitative estimate of drug-likeness (QED) is 0.381. The molecule has 0 saturated carbocycles. The van der Waals surface area contributed by atoms with Gasteiger partial charge < -0.3 is 25.3 Å². The zero-order chi connectivity index (χ0) is 23.3. The van der Waals surface area contributed by atoms with Gasteiger partial charge in [0.15, 0.2) is 17.3 Å². The second kappa shape index (κ2) is 8.04. The van der Waals surface area contributed by atoms with E-state index >= 15 is 0 Å². The predicted octanol–water partition coefficient (Wildman–Crippen LogP) is 2.95. The van der Waals surface area contributed by atoms with Crippen molar-refractivity contribution in [3.05, 3.63) is 47.7 Å². The highest BCUT2D eigenvalue weighted by Gasteiger charge is 2.24. The zero-order valence-corrected chi connectivity index (χ0v) is 19.0. The molecule has 0 bridgehead atoms. The zero-order valence-electron chi connectivity index (χ0n) is 19.0. The normalized spacial score (nSPS) is 18.8. The lowest BCUT2D eigenvalue weighted by Gasteiger charge is -2.37. The van der Waals surface area contributed by atoms with Crippen molar-refractivity contribution in [3.63, 3.8) is 0 Å². The highest BCUT2D eigenvalue weighted by molar-refractivity contribution is 6.11. The summed E-state index contributed by atoms with van der Waals surface area (Å²) in [6, 6.07) is 5.95. The van der Waals surface area contributed by atoms with Crippen LogP contribution in [-0.2, 0) is 0 Å². The summed E-state index contributed by atoms with van der Waals surface area (Å²) in [5, 5.41) is 17.5. The molecular weight excluding hydrogens is 423 g/mol. The van der Waals surface area contributed by atoms with Crippen LogP contribution >= 0.6 is 0 Å². The van der Waals surface area contributed by atoms with E-state index < -0.39 is 5.82 Å². The average molecular weight is 451 g/mol. The number of halogens is 1. The van der Waals surface area contributed by atoms with Gasteiger partial charge in [0.25, 0.3) is 5.91 Å². The lowest BCUT2D eigenvalue weighted by molar-refractivity contribution is 0.0964. The Hall–Kier alpha value is -3.66. The number of rotatable bonds is 4. The largest absolute Gasteiger partial charge is 0.368 e.